The fourth-order valence-corrected chi connectivity index (χ4v) is 7.18. The second-order valence-electron chi connectivity index (χ2n) is 14.0. The highest BCUT2D eigenvalue weighted by Gasteiger charge is 2.31. The molecule has 1 heterocycles. The van der Waals surface area contributed by atoms with Crippen molar-refractivity contribution < 1.29 is 52.4 Å². The Bertz CT molecular complexity index is 2060. The lowest BCUT2D eigenvalue weighted by Gasteiger charge is -2.34. The van der Waals surface area contributed by atoms with Crippen LogP contribution in [0.5, 0.6) is 0 Å². The van der Waals surface area contributed by atoms with Gasteiger partial charge in [0.25, 0.3) is 5.56 Å². The van der Waals surface area contributed by atoms with Gasteiger partial charge in [0.1, 0.15) is 12.4 Å². The number of nitrogens with one attached hydrogen (secondary N) is 1. The number of likely N-dealkylation sites (N-methyl/N-ethyl adjacent to an activating group) is 1. The molecule has 0 fully saturated rings. The highest BCUT2D eigenvalue weighted by Crippen LogP contribution is 2.31. The Labute approximate surface area is 330 Å². The minimum atomic E-state index is -4.40. The smallest absolute Gasteiger partial charge is 0.416 e. The monoisotopic (exact) mass is 816 g/mol. The fourth-order valence-electron chi connectivity index (χ4n) is 6.21. The summed E-state index contributed by atoms with van der Waals surface area (Å²) in [5, 5.41) is 36.4. The number of aliphatic hydroxyl groups excluding tert-OH is 2. The van der Waals surface area contributed by atoms with Crippen LogP contribution < -0.4 is 10.9 Å². The zero-order valence-electron chi connectivity index (χ0n) is 31.4. The number of amides is 1. The SMILES string of the molecule is CCNC(C)(C)CN(Cc1ccc(-c2ccc(C(F)(F)F)cc2)cc1)C(=O)Cn1c(SCc2ccc(F)cc2)nc(=O)c2c1CCC2.O=C(O)[C@H](O)[C@@H](O)C(=O)O. The van der Waals surface area contributed by atoms with E-state index < -0.39 is 41.4 Å². The number of carbonyl (C=O) groups excluding carboxylic acids is 1. The number of aliphatic carboxylic acids is 2. The molecule has 0 unspecified atom stereocenters. The molecule has 1 amide bonds. The number of nitrogens with zero attached hydrogens (tertiary/aromatic N) is 3. The molecule has 3 aromatic carbocycles. The molecular weight excluding hydrogens is 773 g/mol. The van der Waals surface area contributed by atoms with E-state index in [4.69, 9.17) is 20.4 Å². The van der Waals surface area contributed by atoms with E-state index in [1.54, 1.807) is 17.0 Å². The van der Waals surface area contributed by atoms with Crippen LogP contribution in [0.4, 0.5) is 17.6 Å². The third kappa shape index (κ3) is 12.4. The van der Waals surface area contributed by atoms with E-state index in [0.717, 1.165) is 47.5 Å². The molecule has 57 heavy (non-hydrogen) atoms. The first-order chi connectivity index (χ1) is 26.8. The highest BCUT2D eigenvalue weighted by atomic mass is 32.2. The number of carboxylic acid groups (broad SMARTS) is 2. The Morgan fingerprint density at radius 3 is 1.95 bits per heavy atom. The number of alkyl halides is 3. The molecule has 0 radical (unpaired) electrons. The molecule has 306 valence electrons. The molecule has 0 bridgehead atoms. The van der Waals surface area contributed by atoms with E-state index in [-0.39, 0.29) is 23.8 Å². The Morgan fingerprint density at radius 1 is 0.877 bits per heavy atom. The predicted molar refractivity (Wildman–Crippen MR) is 204 cm³/mol. The first kappa shape index (κ1) is 44.6. The summed E-state index contributed by atoms with van der Waals surface area (Å²) >= 11 is 1.35. The molecule has 1 aromatic heterocycles. The maximum atomic E-state index is 14.2. The summed E-state index contributed by atoms with van der Waals surface area (Å²) in [6.07, 6.45) is -6.81. The predicted octanol–water partition coefficient (Wildman–Crippen LogP) is 5.14. The molecule has 0 spiro atoms. The van der Waals surface area contributed by atoms with E-state index in [1.807, 2.05) is 49.6 Å². The fraction of sp³-hybridized carbons (Fsp3) is 0.375. The molecule has 12 nitrogen and oxygen atoms in total. The Morgan fingerprint density at radius 2 is 1.42 bits per heavy atom. The Hall–Kier alpha value is -5.10. The molecule has 0 saturated heterocycles. The minimum absolute atomic E-state index is 0.00715. The van der Waals surface area contributed by atoms with E-state index in [9.17, 15) is 36.7 Å². The van der Waals surface area contributed by atoms with Crippen molar-refractivity contribution in [3.8, 4) is 11.1 Å². The first-order valence-electron chi connectivity index (χ1n) is 17.9. The van der Waals surface area contributed by atoms with Gasteiger partial charge in [-0.25, -0.2) is 14.0 Å². The molecule has 17 heteroatoms. The van der Waals surface area contributed by atoms with Crippen molar-refractivity contribution in [2.75, 3.05) is 13.1 Å². The zero-order chi connectivity index (χ0) is 42.1. The third-order valence-electron chi connectivity index (χ3n) is 9.05. The number of carboxylic acids is 2. The van der Waals surface area contributed by atoms with Gasteiger partial charge in [0.2, 0.25) is 5.91 Å². The van der Waals surface area contributed by atoms with Crippen LogP contribution >= 0.6 is 11.8 Å². The summed E-state index contributed by atoms with van der Waals surface area (Å²) in [6.45, 7) is 7.53. The number of hydrogen-bond acceptors (Lipinski definition) is 9. The van der Waals surface area contributed by atoms with Crippen LogP contribution in [0.15, 0.2) is 82.7 Å². The van der Waals surface area contributed by atoms with Crippen LogP contribution in [0.25, 0.3) is 11.1 Å². The lowest BCUT2D eigenvalue weighted by molar-refractivity contribution is -0.165. The maximum Gasteiger partial charge on any atom is 0.416 e. The standard InChI is InChI=1S/C36H38F4N4O2S.C4H6O6/c1-4-41-35(2,3)23-43(20-24-8-12-26(13-9-24)27-14-16-28(17-15-27)36(38,39)40)32(45)21-44-31-7-5-6-30(31)33(46)42-34(44)47-22-25-10-18-29(37)19-11-25;5-1(3(7)8)2(6)4(9)10/h8-19,41H,4-7,20-23H2,1-3H3;1-2,5-6H,(H,7,8)(H,9,10)/t;1-,2-/m.1/s1. The highest BCUT2D eigenvalue weighted by molar-refractivity contribution is 7.98. The lowest BCUT2D eigenvalue weighted by Crippen LogP contribution is -2.51. The number of thioether (sulfide) groups is 1. The molecular formula is C40H44F4N4O8S. The summed E-state index contributed by atoms with van der Waals surface area (Å²) in [5.41, 5.74) is 3.32. The zero-order valence-corrected chi connectivity index (χ0v) is 32.2. The van der Waals surface area contributed by atoms with Crippen molar-refractivity contribution >= 4 is 29.6 Å². The lowest BCUT2D eigenvalue weighted by atomic mass is 10.0. The number of fused-ring (bicyclic) bond motifs is 1. The van der Waals surface area contributed by atoms with E-state index in [1.165, 1.54) is 36.0 Å². The molecule has 2 atom stereocenters. The quantitative estimate of drug-likeness (QED) is 0.0609. The van der Waals surface area contributed by atoms with Crippen LogP contribution in [0.3, 0.4) is 0 Å². The maximum absolute atomic E-state index is 14.2. The van der Waals surface area contributed by atoms with Crippen molar-refractivity contribution in [2.45, 2.75) is 88.0 Å². The van der Waals surface area contributed by atoms with Crippen LogP contribution in [-0.4, -0.2) is 83.6 Å². The molecule has 0 aliphatic heterocycles. The van der Waals surface area contributed by atoms with Crippen LogP contribution in [0, 0.1) is 5.82 Å². The van der Waals surface area contributed by atoms with Crippen LogP contribution in [0.2, 0.25) is 0 Å². The number of aromatic nitrogens is 2. The topological polar surface area (TPSA) is 182 Å². The van der Waals surface area contributed by atoms with Gasteiger partial charge in [0.05, 0.1) is 5.56 Å². The van der Waals surface area contributed by atoms with Gasteiger partial charge in [0.15, 0.2) is 17.4 Å². The van der Waals surface area contributed by atoms with Gasteiger partial charge in [-0.3, -0.25) is 9.59 Å². The number of aliphatic hydroxyl groups is 2. The largest absolute Gasteiger partial charge is 0.479 e. The third-order valence-corrected chi connectivity index (χ3v) is 10.1. The summed E-state index contributed by atoms with van der Waals surface area (Å²) in [6, 6.07) is 18.7. The van der Waals surface area contributed by atoms with E-state index >= 15 is 0 Å². The van der Waals surface area contributed by atoms with Gasteiger partial charge in [-0.2, -0.15) is 18.2 Å². The Kier molecular flexibility index (Phi) is 15.2. The van der Waals surface area contributed by atoms with Gasteiger partial charge in [-0.05, 0) is 86.2 Å². The van der Waals surface area contributed by atoms with Crippen molar-refractivity contribution in [2.24, 2.45) is 0 Å². The summed E-state index contributed by atoms with van der Waals surface area (Å²) in [7, 11) is 0. The second-order valence-corrected chi connectivity index (χ2v) is 14.9. The average Bonchev–Trinajstić information content (AvgIpc) is 3.66. The van der Waals surface area contributed by atoms with Crippen molar-refractivity contribution in [1.29, 1.82) is 0 Å². The van der Waals surface area contributed by atoms with Crippen molar-refractivity contribution in [3.63, 3.8) is 0 Å². The van der Waals surface area contributed by atoms with Crippen molar-refractivity contribution in [1.82, 2.24) is 19.8 Å². The molecule has 4 aromatic rings. The number of benzene rings is 3. The molecule has 5 rings (SSSR count). The molecule has 5 N–H and O–H groups in total. The number of rotatable bonds is 15. The Balaban J connectivity index is 0.000000635. The van der Waals surface area contributed by atoms with Gasteiger partial charge in [-0.15, -0.1) is 0 Å². The van der Waals surface area contributed by atoms with Gasteiger partial charge in [-0.1, -0.05) is 67.2 Å². The van der Waals surface area contributed by atoms with Gasteiger partial charge in [0, 0.05) is 35.6 Å². The molecule has 1 aliphatic rings. The van der Waals surface area contributed by atoms with Crippen molar-refractivity contribution in [3.05, 3.63) is 117 Å². The number of hydrogen-bond donors (Lipinski definition) is 5. The number of halogens is 4. The summed E-state index contributed by atoms with van der Waals surface area (Å²) < 4.78 is 54.4. The minimum Gasteiger partial charge on any atom is -0.479 e. The second kappa shape index (κ2) is 19.4. The van der Waals surface area contributed by atoms with Gasteiger partial charge < -0.3 is 35.2 Å². The molecule has 1 aliphatic carbocycles. The van der Waals surface area contributed by atoms with E-state index in [2.05, 4.69) is 10.3 Å². The van der Waals surface area contributed by atoms with Crippen LogP contribution in [-0.2, 0) is 52.2 Å². The summed E-state index contributed by atoms with van der Waals surface area (Å²) in [4.78, 5) is 52.8. The average molecular weight is 817 g/mol. The molecule has 0 saturated carbocycles. The van der Waals surface area contributed by atoms with E-state index in [0.29, 0.717) is 48.0 Å². The number of carbonyl (C=O) groups is 3. The summed E-state index contributed by atoms with van der Waals surface area (Å²) in [5.74, 6) is -3.54. The van der Waals surface area contributed by atoms with Gasteiger partial charge >= 0.3 is 18.1 Å². The van der Waals surface area contributed by atoms with Crippen LogP contribution in [0.1, 0.15) is 55.1 Å². The normalized spacial score (nSPS) is 13.6. The first-order valence-corrected chi connectivity index (χ1v) is 18.9.